The summed E-state index contributed by atoms with van der Waals surface area (Å²) in [7, 11) is 0. The number of carbonyl (C=O) groups excluding carboxylic acids is 1. The summed E-state index contributed by atoms with van der Waals surface area (Å²) in [6.45, 7) is 7.37. The minimum absolute atomic E-state index is 0.221. The van der Waals surface area contributed by atoms with Crippen molar-refractivity contribution in [3.05, 3.63) is 11.7 Å². The molecule has 1 aliphatic carbocycles. The number of piperidine rings is 1. The summed E-state index contributed by atoms with van der Waals surface area (Å²) in [4.78, 5) is 23.2. The van der Waals surface area contributed by atoms with Crippen molar-refractivity contribution in [2.45, 2.75) is 51.1 Å². The van der Waals surface area contributed by atoms with E-state index in [1.165, 1.54) is 12.8 Å². The molecule has 0 unspecified atom stereocenters. The van der Waals surface area contributed by atoms with E-state index >= 15 is 0 Å². The first-order valence-electron chi connectivity index (χ1n) is 8.85. The first-order valence-corrected chi connectivity index (χ1v) is 8.85. The minimum atomic E-state index is 0.221. The van der Waals surface area contributed by atoms with Crippen molar-refractivity contribution < 1.29 is 9.32 Å². The highest BCUT2D eigenvalue weighted by Crippen LogP contribution is 2.38. The molecule has 3 fully saturated rings. The van der Waals surface area contributed by atoms with Crippen molar-refractivity contribution in [2.24, 2.45) is 0 Å². The van der Waals surface area contributed by atoms with E-state index < -0.39 is 0 Å². The lowest BCUT2D eigenvalue weighted by atomic mass is 10.0. The predicted molar refractivity (Wildman–Crippen MR) is 83.9 cm³/mol. The van der Waals surface area contributed by atoms with Gasteiger partial charge in [0.05, 0.1) is 6.54 Å². The highest BCUT2D eigenvalue weighted by molar-refractivity contribution is 5.76. The van der Waals surface area contributed by atoms with Gasteiger partial charge in [-0.1, -0.05) is 5.16 Å². The Kier molecular flexibility index (Phi) is 3.97. The molecule has 7 heteroatoms. The Morgan fingerprint density at radius 2 is 1.91 bits per heavy atom. The van der Waals surface area contributed by atoms with Crippen LogP contribution in [0.25, 0.3) is 0 Å². The first kappa shape index (κ1) is 14.9. The maximum absolute atomic E-state index is 12.3. The molecule has 0 radical (unpaired) electrons. The number of likely N-dealkylation sites (N-methyl/N-ethyl adjacent to an activating group) is 1. The third kappa shape index (κ3) is 3.06. The van der Waals surface area contributed by atoms with Crippen LogP contribution in [0.3, 0.4) is 0 Å². The fraction of sp³-hybridized carbons (Fsp3) is 0.812. The van der Waals surface area contributed by atoms with Gasteiger partial charge in [-0.2, -0.15) is 4.98 Å². The SMILES string of the molecule is CCN1CCN(C2CCN(Cc3noc(C4CC4)n3)CC2)C1=O. The van der Waals surface area contributed by atoms with Gasteiger partial charge in [0.25, 0.3) is 0 Å². The summed E-state index contributed by atoms with van der Waals surface area (Å²) in [5.74, 6) is 2.14. The number of amides is 2. The smallest absolute Gasteiger partial charge is 0.320 e. The molecular formula is C16H25N5O2. The predicted octanol–water partition coefficient (Wildman–Crippen LogP) is 1.67. The zero-order valence-electron chi connectivity index (χ0n) is 13.8. The van der Waals surface area contributed by atoms with Crippen LogP contribution < -0.4 is 0 Å². The van der Waals surface area contributed by atoms with Crippen LogP contribution in [0, 0.1) is 0 Å². The fourth-order valence-electron chi connectivity index (χ4n) is 3.65. The lowest BCUT2D eigenvalue weighted by Gasteiger charge is -2.36. The molecule has 7 nitrogen and oxygen atoms in total. The van der Waals surface area contributed by atoms with E-state index in [-0.39, 0.29) is 6.03 Å². The summed E-state index contributed by atoms with van der Waals surface area (Å²) in [6.07, 6.45) is 4.45. The lowest BCUT2D eigenvalue weighted by Crippen LogP contribution is -2.46. The molecule has 2 saturated heterocycles. The van der Waals surface area contributed by atoms with Gasteiger partial charge in [0.1, 0.15) is 0 Å². The van der Waals surface area contributed by atoms with Gasteiger partial charge in [0.2, 0.25) is 5.89 Å². The number of hydrogen-bond acceptors (Lipinski definition) is 5. The van der Waals surface area contributed by atoms with E-state index in [2.05, 4.69) is 19.9 Å². The van der Waals surface area contributed by atoms with E-state index in [0.717, 1.165) is 63.8 Å². The van der Waals surface area contributed by atoms with Crippen molar-refractivity contribution in [2.75, 3.05) is 32.7 Å². The lowest BCUT2D eigenvalue weighted by molar-refractivity contribution is 0.124. The van der Waals surface area contributed by atoms with Crippen LogP contribution in [-0.2, 0) is 6.54 Å². The largest absolute Gasteiger partial charge is 0.339 e. The van der Waals surface area contributed by atoms with Crippen molar-refractivity contribution in [1.82, 2.24) is 24.8 Å². The van der Waals surface area contributed by atoms with E-state index in [1.807, 2.05) is 11.8 Å². The van der Waals surface area contributed by atoms with Gasteiger partial charge in [-0.25, -0.2) is 4.79 Å². The van der Waals surface area contributed by atoms with Gasteiger partial charge in [0, 0.05) is 44.7 Å². The van der Waals surface area contributed by atoms with Crippen molar-refractivity contribution in [3.63, 3.8) is 0 Å². The molecule has 3 heterocycles. The molecule has 0 aromatic carbocycles. The molecule has 2 aliphatic heterocycles. The van der Waals surface area contributed by atoms with Crippen molar-refractivity contribution in [1.29, 1.82) is 0 Å². The average molecular weight is 319 g/mol. The Bertz CT molecular complexity index is 563. The van der Waals surface area contributed by atoms with E-state index in [1.54, 1.807) is 0 Å². The zero-order chi connectivity index (χ0) is 15.8. The molecule has 4 rings (SSSR count). The number of likely N-dealkylation sites (tertiary alicyclic amines) is 1. The molecular weight excluding hydrogens is 294 g/mol. The van der Waals surface area contributed by atoms with Crippen LogP contribution in [0.1, 0.15) is 50.2 Å². The monoisotopic (exact) mass is 319 g/mol. The van der Waals surface area contributed by atoms with Crippen LogP contribution in [-0.4, -0.2) is 69.6 Å². The number of hydrogen-bond donors (Lipinski definition) is 0. The maximum atomic E-state index is 12.3. The quantitative estimate of drug-likeness (QED) is 0.826. The number of rotatable bonds is 5. The van der Waals surface area contributed by atoms with Crippen molar-refractivity contribution >= 4 is 6.03 Å². The second-order valence-electron chi connectivity index (χ2n) is 6.89. The summed E-state index contributed by atoms with van der Waals surface area (Å²) in [6, 6.07) is 0.612. The van der Waals surface area contributed by atoms with Gasteiger partial charge in [-0.3, -0.25) is 4.90 Å². The fourth-order valence-corrected chi connectivity index (χ4v) is 3.65. The average Bonchev–Trinajstić information content (AvgIpc) is 3.21. The van der Waals surface area contributed by atoms with E-state index in [4.69, 9.17) is 4.52 Å². The Labute approximate surface area is 136 Å². The van der Waals surface area contributed by atoms with Crippen LogP contribution in [0.5, 0.6) is 0 Å². The number of urea groups is 1. The molecule has 23 heavy (non-hydrogen) atoms. The summed E-state index contributed by atoms with van der Waals surface area (Å²) < 4.78 is 5.32. The first-order chi connectivity index (χ1) is 11.2. The topological polar surface area (TPSA) is 65.7 Å². The van der Waals surface area contributed by atoms with Crippen molar-refractivity contribution in [3.8, 4) is 0 Å². The third-order valence-electron chi connectivity index (χ3n) is 5.28. The molecule has 0 bridgehead atoms. The normalized spacial score (nSPS) is 24.0. The third-order valence-corrected chi connectivity index (χ3v) is 5.28. The van der Waals surface area contributed by atoms with Crippen LogP contribution in [0.4, 0.5) is 4.79 Å². The van der Waals surface area contributed by atoms with E-state index in [9.17, 15) is 4.79 Å². The molecule has 0 N–H and O–H groups in total. The highest BCUT2D eigenvalue weighted by Gasteiger charge is 2.35. The maximum Gasteiger partial charge on any atom is 0.320 e. The Morgan fingerprint density at radius 3 is 2.57 bits per heavy atom. The Hall–Kier alpha value is -1.63. The van der Waals surface area contributed by atoms with Crippen LogP contribution in [0.15, 0.2) is 4.52 Å². The summed E-state index contributed by atoms with van der Waals surface area (Å²) in [5.41, 5.74) is 0. The summed E-state index contributed by atoms with van der Waals surface area (Å²) in [5, 5.41) is 4.10. The number of carbonyl (C=O) groups is 1. The second kappa shape index (κ2) is 6.11. The molecule has 126 valence electrons. The molecule has 1 aromatic heterocycles. The van der Waals surface area contributed by atoms with Gasteiger partial charge < -0.3 is 14.3 Å². The highest BCUT2D eigenvalue weighted by atomic mass is 16.5. The van der Waals surface area contributed by atoms with E-state index in [0.29, 0.717) is 12.0 Å². The summed E-state index contributed by atoms with van der Waals surface area (Å²) >= 11 is 0. The van der Waals surface area contributed by atoms with Crippen LogP contribution in [0.2, 0.25) is 0 Å². The second-order valence-corrected chi connectivity index (χ2v) is 6.89. The zero-order valence-corrected chi connectivity index (χ0v) is 13.8. The van der Waals surface area contributed by atoms with Gasteiger partial charge in [-0.15, -0.1) is 0 Å². The number of aromatic nitrogens is 2. The molecule has 3 aliphatic rings. The Balaban J connectivity index is 1.28. The number of nitrogens with zero attached hydrogens (tertiary/aromatic N) is 5. The molecule has 0 spiro atoms. The molecule has 2 amide bonds. The Morgan fingerprint density at radius 1 is 1.13 bits per heavy atom. The van der Waals surface area contributed by atoms with Gasteiger partial charge in [-0.05, 0) is 32.6 Å². The molecule has 1 aromatic rings. The molecule has 0 atom stereocenters. The standard InChI is InChI=1S/C16H25N5O2/c1-2-20-9-10-21(16(20)22)13-5-7-19(8-6-13)11-14-17-15(23-18-14)12-3-4-12/h12-13H,2-11H2,1H3. The van der Waals surface area contributed by atoms with Gasteiger partial charge in [0.15, 0.2) is 5.82 Å². The molecule has 1 saturated carbocycles. The van der Waals surface area contributed by atoms with Gasteiger partial charge >= 0.3 is 6.03 Å². The minimum Gasteiger partial charge on any atom is -0.339 e. The van der Waals surface area contributed by atoms with Crippen LogP contribution >= 0.6 is 0 Å².